The summed E-state index contributed by atoms with van der Waals surface area (Å²) in [5, 5.41) is 9.58. The Balaban J connectivity index is 1.76. The minimum absolute atomic E-state index is 0.0944. The molecule has 0 aliphatic carbocycles. The summed E-state index contributed by atoms with van der Waals surface area (Å²) in [5.74, 6) is 0. The molecule has 6 nitrogen and oxygen atoms in total. The van der Waals surface area contributed by atoms with Gasteiger partial charge in [-0.05, 0) is 12.1 Å². The van der Waals surface area contributed by atoms with Gasteiger partial charge in [-0.2, -0.15) is 8.42 Å². The standard InChI is InChI=1S/C12H14O6S/c13-9-6-16-12-10(7-17-11(9)12)18-19(14,15)8-4-2-1-3-5-8/h1-5,9-13H,6-7H2/t9-,10+,11+,12+/m0/s1. The first-order valence-corrected chi connectivity index (χ1v) is 7.38. The van der Waals surface area contributed by atoms with Crippen molar-refractivity contribution < 1.29 is 27.2 Å². The van der Waals surface area contributed by atoms with E-state index in [9.17, 15) is 13.5 Å². The third kappa shape index (κ3) is 2.39. The Bertz CT molecular complexity index is 543. The van der Waals surface area contributed by atoms with Crippen molar-refractivity contribution in [1.82, 2.24) is 0 Å². The lowest BCUT2D eigenvalue weighted by Gasteiger charge is -2.16. The number of fused-ring (bicyclic) bond motifs is 1. The van der Waals surface area contributed by atoms with Gasteiger partial charge in [-0.25, -0.2) is 0 Å². The van der Waals surface area contributed by atoms with Crippen molar-refractivity contribution in [1.29, 1.82) is 0 Å². The molecule has 0 saturated carbocycles. The molecule has 0 aromatic heterocycles. The molecule has 2 saturated heterocycles. The minimum atomic E-state index is -3.84. The molecule has 19 heavy (non-hydrogen) atoms. The summed E-state index contributed by atoms with van der Waals surface area (Å²) >= 11 is 0. The van der Waals surface area contributed by atoms with Gasteiger partial charge in [-0.3, -0.25) is 4.18 Å². The van der Waals surface area contributed by atoms with E-state index in [1.54, 1.807) is 18.2 Å². The second-order valence-electron chi connectivity index (χ2n) is 4.57. The highest BCUT2D eigenvalue weighted by molar-refractivity contribution is 7.86. The zero-order valence-electron chi connectivity index (χ0n) is 10.0. The predicted molar refractivity (Wildman–Crippen MR) is 64.0 cm³/mol. The monoisotopic (exact) mass is 286 g/mol. The van der Waals surface area contributed by atoms with Crippen LogP contribution in [0.4, 0.5) is 0 Å². The van der Waals surface area contributed by atoms with E-state index < -0.39 is 34.5 Å². The summed E-state index contributed by atoms with van der Waals surface area (Å²) in [7, 11) is -3.84. The third-order valence-electron chi connectivity index (χ3n) is 3.26. The van der Waals surface area contributed by atoms with Gasteiger partial charge in [-0.15, -0.1) is 0 Å². The quantitative estimate of drug-likeness (QED) is 0.783. The number of aliphatic hydroxyl groups excluding tert-OH is 1. The fraction of sp³-hybridized carbons (Fsp3) is 0.500. The number of benzene rings is 1. The Morgan fingerprint density at radius 2 is 1.79 bits per heavy atom. The van der Waals surface area contributed by atoms with Crippen LogP contribution in [0.3, 0.4) is 0 Å². The molecule has 2 fully saturated rings. The van der Waals surface area contributed by atoms with Crippen molar-refractivity contribution in [3.63, 3.8) is 0 Å². The van der Waals surface area contributed by atoms with Crippen LogP contribution in [0.15, 0.2) is 35.2 Å². The summed E-state index contributed by atoms with van der Waals surface area (Å²) < 4.78 is 39.9. The van der Waals surface area contributed by atoms with Crippen LogP contribution in [-0.4, -0.2) is 51.2 Å². The average molecular weight is 286 g/mol. The Hall–Kier alpha value is -0.990. The number of ether oxygens (including phenoxy) is 2. The molecule has 0 unspecified atom stereocenters. The molecule has 1 aromatic carbocycles. The van der Waals surface area contributed by atoms with Crippen LogP contribution < -0.4 is 0 Å². The number of hydrogen-bond donors (Lipinski definition) is 1. The van der Waals surface area contributed by atoms with Crippen LogP contribution in [0.25, 0.3) is 0 Å². The smallest absolute Gasteiger partial charge is 0.297 e. The summed E-state index contributed by atoms with van der Waals surface area (Å²) in [5.41, 5.74) is 0. The van der Waals surface area contributed by atoms with E-state index in [0.717, 1.165) is 0 Å². The Morgan fingerprint density at radius 1 is 1.11 bits per heavy atom. The summed E-state index contributed by atoms with van der Waals surface area (Å²) in [6.45, 7) is 0.235. The summed E-state index contributed by atoms with van der Waals surface area (Å²) in [6.07, 6.45) is -2.48. The van der Waals surface area contributed by atoms with Crippen LogP contribution in [0, 0.1) is 0 Å². The molecule has 2 aliphatic rings. The molecule has 0 amide bonds. The van der Waals surface area contributed by atoms with Crippen LogP contribution in [0.2, 0.25) is 0 Å². The first-order chi connectivity index (χ1) is 9.08. The van der Waals surface area contributed by atoms with Crippen molar-refractivity contribution in [3.8, 4) is 0 Å². The van der Waals surface area contributed by atoms with Crippen LogP contribution >= 0.6 is 0 Å². The minimum Gasteiger partial charge on any atom is -0.388 e. The van der Waals surface area contributed by atoms with Gasteiger partial charge in [0.2, 0.25) is 0 Å². The Labute approximate surface area is 111 Å². The van der Waals surface area contributed by atoms with E-state index in [-0.39, 0.29) is 18.1 Å². The van der Waals surface area contributed by atoms with Gasteiger partial charge in [0.1, 0.15) is 24.4 Å². The molecule has 2 heterocycles. The predicted octanol–water partition coefficient (Wildman–Crippen LogP) is -0.0810. The van der Waals surface area contributed by atoms with Crippen molar-refractivity contribution >= 4 is 10.1 Å². The van der Waals surface area contributed by atoms with Gasteiger partial charge >= 0.3 is 0 Å². The molecule has 7 heteroatoms. The second-order valence-corrected chi connectivity index (χ2v) is 6.14. The van der Waals surface area contributed by atoms with Gasteiger partial charge < -0.3 is 14.6 Å². The SMILES string of the molecule is O=S(=O)(O[C@@H]1CO[C@H]2[C@@H]1OC[C@@H]2O)c1ccccc1. The van der Waals surface area contributed by atoms with Crippen molar-refractivity contribution in [2.24, 2.45) is 0 Å². The molecule has 0 radical (unpaired) electrons. The Morgan fingerprint density at radius 3 is 2.53 bits per heavy atom. The van der Waals surface area contributed by atoms with Crippen LogP contribution in [0.1, 0.15) is 0 Å². The molecular weight excluding hydrogens is 272 g/mol. The molecule has 2 aliphatic heterocycles. The van der Waals surface area contributed by atoms with Gasteiger partial charge in [0.15, 0.2) is 0 Å². The first kappa shape index (κ1) is 13.0. The van der Waals surface area contributed by atoms with Gasteiger partial charge in [0, 0.05) is 0 Å². The van der Waals surface area contributed by atoms with Crippen molar-refractivity contribution in [2.75, 3.05) is 13.2 Å². The van der Waals surface area contributed by atoms with Crippen molar-refractivity contribution in [3.05, 3.63) is 30.3 Å². The maximum absolute atomic E-state index is 12.1. The van der Waals surface area contributed by atoms with Crippen LogP contribution in [0.5, 0.6) is 0 Å². The lowest BCUT2D eigenvalue weighted by molar-refractivity contribution is 0.00979. The number of rotatable bonds is 3. The maximum Gasteiger partial charge on any atom is 0.297 e. The highest BCUT2D eigenvalue weighted by atomic mass is 32.2. The molecule has 0 spiro atoms. The topological polar surface area (TPSA) is 82.1 Å². The van der Waals surface area contributed by atoms with Gasteiger partial charge in [-0.1, -0.05) is 18.2 Å². The van der Waals surface area contributed by atoms with Gasteiger partial charge in [0.25, 0.3) is 10.1 Å². The summed E-state index contributed by atoms with van der Waals surface area (Å²) in [4.78, 5) is 0.0944. The van der Waals surface area contributed by atoms with E-state index in [4.69, 9.17) is 13.7 Å². The zero-order valence-corrected chi connectivity index (χ0v) is 10.8. The lowest BCUT2D eigenvalue weighted by atomic mass is 10.1. The van der Waals surface area contributed by atoms with E-state index in [0.29, 0.717) is 0 Å². The number of hydrogen-bond acceptors (Lipinski definition) is 6. The van der Waals surface area contributed by atoms with Crippen molar-refractivity contribution in [2.45, 2.75) is 29.3 Å². The highest BCUT2D eigenvalue weighted by Crippen LogP contribution is 2.30. The maximum atomic E-state index is 12.1. The first-order valence-electron chi connectivity index (χ1n) is 5.97. The molecule has 1 N–H and O–H groups in total. The van der Waals surface area contributed by atoms with E-state index in [2.05, 4.69) is 0 Å². The third-order valence-corrected chi connectivity index (χ3v) is 4.61. The molecular formula is C12H14O6S. The molecule has 0 bridgehead atoms. The van der Waals surface area contributed by atoms with E-state index >= 15 is 0 Å². The second kappa shape index (κ2) is 4.84. The largest absolute Gasteiger partial charge is 0.388 e. The Kier molecular flexibility index (Phi) is 3.32. The van der Waals surface area contributed by atoms with E-state index in [1.807, 2.05) is 0 Å². The number of aliphatic hydroxyl groups is 1. The van der Waals surface area contributed by atoms with Gasteiger partial charge in [0.05, 0.1) is 18.1 Å². The lowest BCUT2D eigenvalue weighted by Crippen LogP contribution is -2.34. The van der Waals surface area contributed by atoms with E-state index in [1.165, 1.54) is 12.1 Å². The molecule has 4 atom stereocenters. The zero-order chi connectivity index (χ0) is 13.5. The molecule has 3 rings (SSSR count). The highest BCUT2D eigenvalue weighted by Gasteiger charge is 2.49. The summed E-state index contributed by atoms with van der Waals surface area (Å²) in [6, 6.07) is 7.91. The normalized spacial score (nSPS) is 34.4. The average Bonchev–Trinajstić information content (AvgIpc) is 2.95. The fourth-order valence-electron chi connectivity index (χ4n) is 2.33. The molecule has 1 aromatic rings. The van der Waals surface area contributed by atoms with Crippen LogP contribution in [-0.2, 0) is 23.8 Å². The fourth-order valence-corrected chi connectivity index (χ4v) is 3.42. The molecule has 104 valence electrons.